The number of halogens is 1. The van der Waals surface area contributed by atoms with Crippen molar-refractivity contribution in [1.29, 1.82) is 0 Å². The second-order valence-corrected chi connectivity index (χ2v) is 7.92. The molecule has 0 spiro atoms. The van der Waals surface area contributed by atoms with Gasteiger partial charge in [-0.3, -0.25) is 10.3 Å². The van der Waals surface area contributed by atoms with Gasteiger partial charge in [0.05, 0.1) is 5.56 Å². The minimum atomic E-state index is -1.06. The number of nitrogens with zero attached hydrogens (tertiary/aromatic N) is 2. The van der Waals surface area contributed by atoms with Crippen molar-refractivity contribution in [3.63, 3.8) is 0 Å². The summed E-state index contributed by atoms with van der Waals surface area (Å²) in [6, 6.07) is 15.9. The number of benzene rings is 2. The average Bonchev–Trinajstić information content (AvgIpc) is 3.19. The van der Waals surface area contributed by atoms with E-state index in [1.165, 1.54) is 12.3 Å². The molecule has 2 aromatic carbocycles. The van der Waals surface area contributed by atoms with Gasteiger partial charge < -0.3 is 14.4 Å². The van der Waals surface area contributed by atoms with E-state index in [1.807, 2.05) is 12.1 Å². The highest BCUT2D eigenvalue weighted by atomic mass is 35.5. The van der Waals surface area contributed by atoms with E-state index >= 15 is 0 Å². The van der Waals surface area contributed by atoms with Gasteiger partial charge in [0.1, 0.15) is 17.5 Å². The first-order chi connectivity index (χ1) is 16.3. The Morgan fingerprint density at radius 1 is 1.06 bits per heavy atom. The Morgan fingerprint density at radius 3 is 2.59 bits per heavy atom. The van der Waals surface area contributed by atoms with Gasteiger partial charge >= 0.3 is 12.1 Å². The monoisotopic (exact) mass is 477 g/mol. The van der Waals surface area contributed by atoms with Crippen molar-refractivity contribution in [3.05, 3.63) is 88.8 Å². The number of anilines is 1. The predicted molar refractivity (Wildman–Crippen MR) is 127 cm³/mol. The summed E-state index contributed by atoms with van der Waals surface area (Å²) < 4.78 is 11.0. The number of carbonyl (C=O) groups is 2. The Bertz CT molecular complexity index is 1370. The highest BCUT2D eigenvalue weighted by molar-refractivity contribution is 6.31. The molecule has 0 aliphatic carbocycles. The van der Waals surface area contributed by atoms with Gasteiger partial charge in [-0.2, -0.15) is 0 Å². The van der Waals surface area contributed by atoms with E-state index < -0.39 is 18.2 Å². The molecule has 4 rings (SSSR count). The summed E-state index contributed by atoms with van der Waals surface area (Å²) in [4.78, 5) is 27.9. The molecule has 9 heteroatoms. The van der Waals surface area contributed by atoms with E-state index in [9.17, 15) is 14.7 Å². The number of aromatic carboxylic acids is 1. The van der Waals surface area contributed by atoms with E-state index in [4.69, 9.17) is 20.9 Å². The van der Waals surface area contributed by atoms with E-state index in [1.54, 1.807) is 56.4 Å². The first-order valence-electron chi connectivity index (χ1n) is 10.3. The number of hydrogen-bond donors (Lipinski definition) is 2. The fourth-order valence-electron chi connectivity index (χ4n) is 3.43. The lowest BCUT2D eigenvalue weighted by molar-refractivity contribution is 0.0696. The quantitative estimate of drug-likeness (QED) is 0.331. The zero-order chi connectivity index (χ0) is 24.2. The fraction of sp³-hybridized carbons (Fsp3) is 0.120. The topological polar surface area (TPSA) is 115 Å². The number of aromatic nitrogens is 2. The highest BCUT2D eigenvalue weighted by Gasteiger charge is 2.21. The molecule has 4 aromatic rings. The zero-order valence-electron chi connectivity index (χ0n) is 18.3. The van der Waals surface area contributed by atoms with E-state index in [-0.39, 0.29) is 5.56 Å². The Balaban J connectivity index is 1.58. The molecule has 0 fully saturated rings. The van der Waals surface area contributed by atoms with Crippen LogP contribution in [0.3, 0.4) is 0 Å². The van der Waals surface area contributed by atoms with Crippen LogP contribution < -0.4 is 5.32 Å². The second-order valence-electron chi connectivity index (χ2n) is 7.51. The SMILES string of the molecule is Cc1noc(-c2cccc(-c3cncc(C(=O)O)c3)c2)c1NC(=O)OC(C)c1ccccc1Cl. The van der Waals surface area contributed by atoms with Gasteiger partial charge in [-0.1, -0.05) is 53.2 Å². The lowest BCUT2D eigenvalue weighted by Crippen LogP contribution is -2.17. The highest BCUT2D eigenvalue weighted by Crippen LogP contribution is 2.34. The largest absolute Gasteiger partial charge is 0.478 e. The molecule has 8 nitrogen and oxygen atoms in total. The van der Waals surface area contributed by atoms with Crippen LogP contribution >= 0.6 is 11.6 Å². The van der Waals surface area contributed by atoms with Crippen molar-refractivity contribution < 1.29 is 24.0 Å². The third-order valence-corrected chi connectivity index (χ3v) is 5.50. The standard InChI is InChI=1S/C25H20ClN3O5/c1-14-22(28-25(32)33-15(2)20-8-3-4-9-21(20)26)23(34-29-14)17-7-5-6-16(10-17)18-11-19(24(30)31)13-27-12-18/h3-13,15H,1-2H3,(H,28,32)(H,30,31). The van der Waals surface area contributed by atoms with E-state index in [0.717, 1.165) is 5.56 Å². The molecule has 0 aliphatic rings. The molecular weight excluding hydrogens is 458 g/mol. The molecule has 0 saturated carbocycles. The third kappa shape index (κ3) is 4.92. The minimum absolute atomic E-state index is 0.0798. The van der Waals surface area contributed by atoms with Crippen molar-refractivity contribution >= 4 is 29.4 Å². The minimum Gasteiger partial charge on any atom is -0.478 e. The number of carboxylic acids is 1. The van der Waals surface area contributed by atoms with Gasteiger partial charge in [-0.15, -0.1) is 0 Å². The molecule has 34 heavy (non-hydrogen) atoms. The number of carbonyl (C=O) groups excluding carboxylic acids is 1. The molecule has 1 unspecified atom stereocenters. The molecule has 0 aliphatic heterocycles. The smallest absolute Gasteiger partial charge is 0.412 e. The van der Waals surface area contributed by atoms with Crippen LogP contribution in [0.4, 0.5) is 10.5 Å². The Hall–Kier alpha value is -4.17. The lowest BCUT2D eigenvalue weighted by Gasteiger charge is -2.15. The maximum absolute atomic E-state index is 12.6. The van der Waals surface area contributed by atoms with Crippen molar-refractivity contribution in [2.45, 2.75) is 20.0 Å². The Labute approximate surface area is 200 Å². The number of ether oxygens (including phenoxy) is 1. The predicted octanol–water partition coefficient (Wildman–Crippen LogP) is 6.37. The summed E-state index contributed by atoms with van der Waals surface area (Å²) in [5.41, 5.74) is 3.59. The maximum Gasteiger partial charge on any atom is 0.412 e. The first-order valence-corrected chi connectivity index (χ1v) is 10.7. The van der Waals surface area contributed by atoms with Crippen LogP contribution in [0.2, 0.25) is 5.02 Å². The fourth-order valence-corrected chi connectivity index (χ4v) is 3.72. The number of carboxylic acid groups (broad SMARTS) is 1. The van der Waals surface area contributed by atoms with Crippen molar-refractivity contribution in [1.82, 2.24) is 10.1 Å². The average molecular weight is 478 g/mol. The van der Waals surface area contributed by atoms with Gasteiger partial charge in [0, 0.05) is 34.1 Å². The van der Waals surface area contributed by atoms with Crippen LogP contribution in [0.5, 0.6) is 0 Å². The first kappa shape index (κ1) is 23.0. The number of amides is 1. The van der Waals surface area contributed by atoms with Crippen molar-refractivity contribution in [2.24, 2.45) is 0 Å². The van der Waals surface area contributed by atoms with Gasteiger partial charge in [0.2, 0.25) is 0 Å². The van der Waals surface area contributed by atoms with Gasteiger partial charge in [-0.05, 0) is 37.6 Å². The molecule has 2 N–H and O–H groups in total. The lowest BCUT2D eigenvalue weighted by atomic mass is 10.0. The molecule has 2 aromatic heterocycles. The second kappa shape index (κ2) is 9.76. The van der Waals surface area contributed by atoms with Crippen LogP contribution in [-0.4, -0.2) is 27.3 Å². The van der Waals surface area contributed by atoms with Gasteiger partial charge in [-0.25, -0.2) is 9.59 Å². The number of nitrogens with one attached hydrogen (secondary N) is 1. The third-order valence-electron chi connectivity index (χ3n) is 5.16. The molecule has 2 heterocycles. The van der Waals surface area contributed by atoms with Gasteiger partial charge in [0.25, 0.3) is 0 Å². The van der Waals surface area contributed by atoms with Crippen molar-refractivity contribution in [3.8, 4) is 22.5 Å². The van der Waals surface area contributed by atoms with Crippen LogP contribution in [0.1, 0.15) is 34.6 Å². The van der Waals surface area contributed by atoms with E-state index in [2.05, 4.69) is 15.5 Å². The Kier molecular flexibility index (Phi) is 6.60. The summed E-state index contributed by atoms with van der Waals surface area (Å²) in [5, 5.41) is 16.4. The molecule has 172 valence electrons. The van der Waals surface area contributed by atoms with Crippen molar-refractivity contribution in [2.75, 3.05) is 5.32 Å². The van der Waals surface area contributed by atoms with Crippen LogP contribution in [0.15, 0.2) is 71.5 Å². The summed E-state index contributed by atoms with van der Waals surface area (Å²) in [5.74, 6) is -0.726. The summed E-state index contributed by atoms with van der Waals surface area (Å²) >= 11 is 6.19. The van der Waals surface area contributed by atoms with Crippen LogP contribution in [0, 0.1) is 6.92 Å². The van der Waals surface area contributed by atoms with Crippen LogP contribution in [0.25, 0.3) is 22.5 Å². The molecule has 0 radical (unpaired) electrons. The zero-order valence-corrected chi connectivity index (χ0v) is 19.0. The Morgan fingerprint density at radius 2 is 1.82 bits per heavy atom. The number of aryl methyl sites for hydroxylation is 1. The molecule has 0 bridgehead atoms. The summed E-state index contributed by atoms with van der Waals surface area (Å²) in [6.07, 6.45) is 1.60. The maximum atomic E-state index is 12.6. The van der Waals surface area contributed by atoms with Crippen LogP contribution in [-0.2, 0) is 4.74 Å². The van der Waals surface area contributed by atoms with E-state index in [0.29, 0.717) is 38.9 Å². The molecule has 1 atom stereocenters. The molecule has 1 amide bonds. The number of pyridine rings is 1. The summed E-state index contributed by atoms with van der Waals surface area (Å²) in [7, 11) is 0. The normalized spacial score (nSPS) is 11.6. The number of rotatable bonds is 6. The molecule has 0 saturated heterocycles. The molecular formula is C25H20ClN3O5. The number of hydrogen-bond acceptors (Lipinski definition) is 6. The van der Waals surface area contributed by atoms with Gasteiger partial charge in [0.15, 0.2) is 5.76 Å². The summed E-state index contributed by atoms with van der Waals surface area (Å²) in [6.45, 7) is 3.43.